The second-order valence-electron chi connectivity index (χ2n) is 2.14. The van der Waals surface area contributed by atoms with Crippen molar-refractivity contribution in [2.45, 2.75) is 6.92 Å². The van der Waals surface area contributed by atoms with Crippen LogP contribution in [0, 0.1) is 7.05 Å². The Morgan fingerprint density at radius 3 is 1.92 bits per heavy atom. The molecule has 70 valence electrons. The molecule has 0 radical (unpaired) electrons. The van der Waals surface area contributed by atoms with Gasteiger partial charge < -0.3 is 15.0 Å². The van der Waals surface area contributed by atoms with E-state index in [0.717, 1.165) is 0 Å². The molecule has 0 bridgehead atoms. The molecular formula is C8H14N2O2Y+. The van der Waals surface area contributed by atoms with E-state index < -0.39 is 0 Å². The zero-order chi connectivity index (χ0) is 10.1. The quantitative estimate of drug-likeness (QED) is 0.557. The van der Waals surface area contributed by atoms with E-state index >= 15 is 0 Å². The number of amides is 2. The van der Waals surface area contributed by atoms with E-state index in [2.05, 4.69) is 18.9 Å². The number of hydrogen-bond acceptors (Lipinski definition) is 2. The monoisotopic (exact) mass is 259 g/mol. The fourth-order valence-electron chi connectivity index (χ4n) is 0.191. The summed E-state index contributed by atoms with van der Waals surface area (Å²) in [6.45, 7) is 4.85. The molecule has 13 heavy (non-hydrogen) atoms. The van der Waals surface area contributed by atoms with E-state index in [-0.39, 0.29) is 38.7 Å². The Bertz CT molecular complexity index is 170. The van der Waals surface area contributed by atoms with Gasteiger partial charge in [-0.25, -0.2) is 6.58 Å². The van der Waals surface area contributed by atoms with Gasteiger partial charge in [0.1, 0.15) is 0 Å². The number of allylic oxidation sites excluding steroid dienone is 1. The Balaban J connectivity index is -0.000000150. The summed E-state index contributed by atoms with van der Waals surface area (Å²) in [4.78, 5) is 20.8. The van der Waals surface area contributed by atoms with Gasteiger partial charge in [-0.1, -0.05) is 6.92 Å². The fourth-order valence-corrected chi connectivity index (χ4v) is 0.191. The second-order valence-corrected chi connectivity index (χ2v) is 2.14. The van der Waals surface area contributed by atoms with Crippen LogP contribution in [-0.2, 0) is 37.5 Å². The summed E-state index contributed by atoms with van der Waals surface area (Å²) < 4.78 is 0. The Kier molecular flexibility index (Phi) is 16.8. The first-order valence-corrected chi connectivity index (χ1v) is 3.25. The number of urea groups is 1. The van der Waals surface area contributed by atoms with Gasteiger partial charge in [0.05, 0.1) is 0 Å². The molecule has 0 aliphatic heterocycles. The molecule has 0 heterocycles. The van der Waals surface area contributed by atoms with Crippen LogP contribution in [0.5, 0.6) is 0 Å². The van der Waals surface area contributed by atoms with Crippen molar-refractivity contribution in [2.75, 3.05) is 14.1 Å². The van der Waals surface area contributed by atoms with Crippen molar-refractivity contribution < 1.29 is 42.3 Å². The molecule has 0 aromatic rings. The molecule has 0 rings (SSSR count). The largest absolute Gasteiger partial charge is 3.00 e. The van der Waals surface area contributed by atoms with E-state index in [1.807, 2.05) is 0 Å². The fraction of sp³-hybridized carbons (Fsp3) is 0.375. The average Bonchev–Trinajstić information content (AvgIpc) is 2.04. The summed E-state index contributed by atoms with van der Waals surface area (Å²) in [7, 11) is 6.47. The van der Waals surface area contributed by atoms with Crippen molar-refractivity contribution in [3.63, 3.8) is 0 Å². The molecule has 0 saturated heterocycles. The topological polar surface area (TPSA) is 49.4 Å². The summed E-state index contributed by atoms with van der Waals surface area (Å²) in [5.74, 6) is 0. The molecule has 0 aromatic carbocycles. The van der Waals surface area contributed by atoms with Gasteiger partial charge in [0.2, 0.25) is 0 Å². The summed E-state index contributed by atoms with van der Waals surface area (Å²) in [5, 5.41) is 2.39. The molecule has 0 aromatic heterocycles. The Labute approximate surface area is 105 Å². The third kappa shape index (κ3) is 18.6. The van der Waals surface area contributed by atoms with Gasteiger partial charge in [0, 0.05) is 7.05 Å². The Morgan fingerprint density at radius 1 is 1.62 bits per heavy atom. The SMILES string of the molecule is C=C(C)[C-]=O.[CH2-]N(C)C(=O)NC.[Y+3]. The molecule has 2 amide bonds. The van der Waals surface area contributed by atoms with E-state index in [4.69, 9.17) is 0 Å². The smallest absolute Gasteiger partial charge is 0.480 e. The second kappa shape index (κ2) is 11.8. The molecule has 0 aliphatic rings. The van der Waals surface area contributed by atoms with E-state index in [1.54, 1.807) is 27.3 Å². The van der Waals surface area contributed by atoms with Crippen LogP contribution in [0.15, 0.2) is 12.2 Å². The maximum absolute atomic E-state index is 10.3. The Hall–Kier alpha value is -0.216. The summed E-state index contributed by atoms with van der Waals surface area (Å²) in [5.41, 5.74) is 0.449. The molecule has 4 nitrogen and oxygen atoms in total. The first kappa shape index (κ1) is 18.5. The first-order chi connectivity index (χ1) is 5.45. The van der Waals surface area contributed by atoms with E-state index in [0.29, 0.717) is 5.57 Å². The van der Waals surface area contributed by atoms with Crippen LogP contribution >= 0.6 is 0 Å². The maximum Gasteiger partial charge on any atom is 3.00 e. The minimum atomic E-state index is -0.181. The standard InChI is InChI=1S/C4H9N2O.C4H5O.Y/c1-5-4(7)6(2)3;1-4(2)3-5;/h2H2,1,3H3,(H,5,7);1H2,2H3;/q2*-1;+3. The normalized spacial score (nSPS) is 6.77. The molecule has 0 atom stereocenters. The minimum absolute atomic E-state index is 0. The predicted octanol–water partition coefficient (Wildman–Crippen LogP) is 0.719. The van der Waals surface area contributed by atoms with Crippen LogP contribution in [0.2, 0.25) is 0 Å². The summed E-state index contributed by atoms with van der Waals surface area (Å²) >= 11 is 0. The van der Waals surface area contributed by atoms with Crippen LogP contribution in [0.25, 0.3) is 0 Å². The number of hydrogen-bond donors (Lipinski definition) is 1. The van der Waals surface area contributed by atoms with Crippen LogP contribution < -0.4 is 5.32 Å². The van der Waals surface area contributed by atoms with Gasteiger partial charge in [-0.05, 0) is 13.3 Å². The third-order valence-electron chi connectivity index (χ3n) is 0.735. The van der Waals surface area contributed by atoms with Gasteiger partial charge in [-0.2, -0.15) is 5.57 Å². The zero-order valence-electron chi connectivity index (χ0n) is 8.26. The number of carbonyl (C=O) groups excluding carboxylic acids is 2. The molecule has 0 unspecified atom stereocenters. The first-order valence-electron chi connectivity index (χ1n) is 3.25. The predicted molar refractivity (Wildman–Crippen MR) is 48.1 cm³/mol. The van der Waals surface area contributed by atoms with Gasteiger partial charge in [0.25, 0.3) is 6.03 Å². The summed E-state index contributed by atoms with van der Waals surface area (Å²) in [6.07, 6.45) is 1.58. The molecule has 1 N–H and O–H groups in total. The number of nitrogens with one attached hydrogen (secondary N) is 1. The van der Waals surface area contributed by atoms with Crippen molar-refractivity contribution in [2.24, 2.45) is 0 Å². The van der Waals surface area contributed by atoms with Crippen LogP contribution in [0.1, 0.15) is 6.92 Å². The van der Waals surface area contributed by atoms with E-state index in [9.17, 15) is 9.59 Å². The van der Waals surface area contributed by atoms with Gasteiger partial charge >= 0.3 is 32.7 Å². The molecular weight excluding hydrogens is 245 g/mol. The maximum atomic E-state index is 10.3. The van der Waals surface area contributed by atoms with Gasteiger partial charge in [0.15, 0.2) is 0 Å². The average molecular weight is 259 g/mol. The zero-order valence-corrected chi connectivity index (χ0v) is 11.1. The van der Waals surface area contributed by atoms with Crippen molar-refractivity contribution >= 4 is 12.3 Å². The van der Waals surface area contributed by atoms with Crippen molar-refractivity contribution in [3.8, 4) is 0 Å². The number of nitrogens with zero attached hydrogens (tertiary/aromatic N) is 1. The minimum Gasteiger partial charge on any atom is -0.480 e. The molecule has 0 saturated carbocycles. The van der Waals surface area contributed by atoms with Crippen LogP contribution in [0.4, 0.5) is 4.79 Å². The van der Waals surface area contributed by atoms with Crippen molar-refractivity contribution in [1.29, 1.82) is 0 Å². The third-order valence-corrected chi connectivity index (χ3v) is 0.735. The molecule has 0 fully saturated rings. The van der Waals surface area contributed by atoms with Gasteiger partial charge in [-0.15, -0.1) is 0 Å². The Morgan fingerprint density at radius 2 is 1.92 bits per heavy atom. The van der Waals surface area contributed by atoms with Crippen molar-refractivity contribution in [1.82, 2.24) is 10.2 Å². The molecule has 0 aliphatic carbocycles. The molecule has 0 spiro atoms. The van der Waals surface area contributed by atoms with Crippen LogP contribution in [-0.4, -0.2) is 31.3 Å². The number of carbonyl (C=O) groups is 1. The number of rotatable bonds is 1. The van der Waals surface area contributed by atoms with Crippen LogP contribution in [0.3, 0.4) is 0 Å². The van der Waals surface area contributed by atoms with E-state index in [1.165, 1.54) is 4.90 Å². The molecule has 5 heteroatoms. The van der Waals surface area contributed by atoms with Gasteiger partial charge in [-0.3, -0.25) is 11.8 Å². The summed E-state index contributed by atoms with van der Waals surface area (Å²) in [6, 6.07) is -0.181. The van der Waals surface area contributed by atoms with Crippen molar-refractivity contribution in [3.05, 3.63) is 19.2 Å².